The van der Waals surface area contributed by atoms with Gasteiger partial charge in [0.05, 0.1) is 21.5 Å². The van der Waals surface area contributed by atoms with Crippen LogP contribution in [0.2, 0.25) is 13.7 Å². The van der Waals surface area contributed by atoms with E-state index in [1.54, 1.807) is 25.1 Å². The lowest BCUT2D eigenvalue weighted by molar-refractivity contribution is 0.0695. The third-order valence-corrected chi connectivity index (χ3v) is 6.66. The van der Waals surface area contributed by atoms with Crippen LogP contribution in [0, 0.1) is 6.92 Å². The number of carbonyl (C=O) groups excluding carboxylic acids is 1. The molecule has 0 aliphatic rings. The zero-order chi connectivity index (χ0) is 22.0. The molecule has 0 spiro atoms. The number of rotatable bonds is 6. The summed E-state index contributed by atoms with van der Waals surface area (Å²) in [4.78, 5) is 24.2. The minimum absolute atomic E-state index is 0.230. The molecule has 2 aromatic carbocycles. The van der Waals surface area contributed by atoms with Crippen LogP contribution in [0.4, 0.5) is 0 Å². The van der Waals surface area contributed by atoms with Crippen molar-refractivity contribution in [1.82, 2.24) is 5.32 Å². The van der Waals surface area contributed by atoms with Crippen molar-refractivity contribution in [1.29, 1.82) is 0 Å². The van der Waals surface area contributed by atoms with E-state index in [0.29, 0.717) is 36.8 Å². The van der Waals surface area contributed by atoms with Crippen molar-refractivity contribution in [2.75, 3.05) is 0 Å². The second kappa shape index (κ2) is 9.40. The van der Waals surface area contributed by atoms with Crippen LogP contribution in [0.5, 0.6) is 0 Å². The number of carbonyl (C=O) groups is 2. The van der Waals surface area contributed by atoms with E-state index in [9.17, 15) is 14.7 Å². The van der Waals surface area contributed by atoms with Crippen molar-refractivity contribution in [3.05, 3.63) is 89.5 Å². The number of aryl methyl sites for hydroxylation is 1. The predicted molar refractivity (Wildman–Crippen MR) is 123 cm³/mol. The van der Waals surface area contributed by atoms with Crippen molar-refractivity contribution in [3.8, 4) is 0 Å². The molecule has 0 saturated carbocycles. The van der Waals surface area contributed by atoms with E-state index in [0.717, 1.165) is 22.5 Å². The zero-order valence-corrected chi connectivity index (χ0v) is 19.2. The molecule has 0 bridgehead atoms. The quantitative estimate of drug-likeness (QED) is 0.406. The predicted octanol–water partition coefficient (Wildman–Crippen LogP) is 6.80. The van der Waals surface area contributed by atoms with Gasteiger partial charge >= 0.3 is 5.97 Å². The molecular formula is C22H18Cl3NO3S. The molecule has 1 amide bonds. The van der Waals surface area contributed by atoms with Gasteiger partial charge in [-0.05, 0) is 48.7 Å². The molecule has 0 radical (unpaired) electrons. The Bertz CT molecular complexity index is 1130. The Kier molecular flexibility index (Phi) is 7.09. The maximum Gasteiger partial charge on any atom is 0.335 e. The summed E-state index contributed by atoms with van der Waals surface area (Å²) in [7, 11) is 0. The van der Waals surface area contributed by atoms with Gasteiger partial charge in [-0.15, -0.1) is 11.3 Å². The standard InChI is InChI=1S/C22H18Cl3NO3S/c1-11-8-14(6-7-16(11)22(28)29)12(2)26-21(27)18-17(19(24)30-20(18)25)10-13-4-3-5-15(23)9-13/h3-9,12H,10H2,1-2H3,(H,26,27)(H,28,29)/t12-/m0/s1. The number of hydrogen-bond acceptors (Lipinski definition) is 3. The molecule has 0 aliphatic carbocycles. The minimum Gasteiger partial charge on any atom is -0.478 e. The van der Waals surface area contributed by atoms with E-state index in [2.05, 4.69) is 5.32 Å². The molecule has 0 saturated heterocycles. The Labute approximate surface area is 193 Å². The highest BCUT2D eigenvalue weighted by Crippen LogP contribution is 2.38. The van der Waals surface area contributed by atoms with Crippen LogP contribution >= 0.6 is 46.1 Å². The summed E-state index contributed by atoms with van der Waals surface area (Å²) in [5.41, 5.74) is 3.56. The van der Waals surface area contributed by atoms with E-state index in [1.807, 2.05) is 25.1 Å². The number of carboxylic acid groups (broad SMARTS) is 1. The molecular weight excluding hydrogens is 465 g/mol. The first-order valence-electron chi connectivity index (χ1n) is 9.03. The highest BCUT2D eigenvalue weighted by Gasteiger charge is 2.24. The number of benzene rings is 2. The van der Waals surface area contributed by atoms with Crippen LogP contribution in [-0.4, -0.2) is 17.0 Å². The summed E-state index contributed by atoms with van der Waals surface area (Å²) in [5.74, 6) is -1.33. The van der Waals surface area contributed by atoms with Gasteiger partial charge in [0, 0.05) is 17.0 Å². The maximum absolute atomic E-state index is 13.0. The van der Waals surface area contributed by atoms with Gasteiger partial charge in [0.15, 0.2) is 0 Å². The molecule has 0 unspecified atom stereocenters. The number of halogens is 3. The van der Waals surface area contributed by atoms with Crippen LogP contribution in [0.3, 0.4) is 0 Å². The number of nitrogens with one attached hydrogen (secondary N) is 1. The highest BCUT2D eigenvalue weighted by atomic mass is 35.5. The average Bonchev–Trinajstić information content (AvgIpc) is 2.94. The van der Waals surface area contributed by atoms with Crippen molar-refractivity contribution in [2.45, 2.75) is 26.3 Å². The van der Waals surface area contributed by atoms with Crippen molar-refractivity contribution in [2.24, 2.45) is 0 Å². The fraction of sp³-hybridized carbons (Fsp3) is 0.182. The van der Waals surface area contributed by atoms with E-state index >= 15 is 0 Å². The van der Waals surface area contributed by atoms with Gasteiger partial charge in [0.1, 0.15) is 4.34 Å². The number of thiophene rings is 1. The van der Waals surface area contributed by atoms with Crippen molar-refractivity contribution >= 4 is 58.0 Å². The summed E-state index contributed by atoms with van der Waals surface area (Å²) in [6.07, 6.45) is 0.423. The average molecular weight is 483 g/mol. The van der Waals surface area contributed by atoms with Gasteiger partial charge in [-0.3, -0.25) is 4.79 Å². The summed E-state index contributed by atoms with van der Waals surface area (Å²) in [5, 5.41) is 12.7. The van der Waals surface area contributed by atoms with E-state index < -0.39 is 5.97 Å². The topological polar surface area (TPSA) is 66.4 Å². The van der Waals surface area contributed by atoms with Crippen LogP contribution in [0.25, 0.3) is 0 Å². The normalized spacial score (nSPS) is 11.9. The first-order chi connectivity index (χ1) is 14.2. The van der Waals surface area contributed by atoms with Gasteiger partial charge in [-0.25, -0.2) is 4.79 Å². The summed E-state index contributed by atoms with van der Waals surface area (Å²) in [6, 6.07) is 12.0. The third-order valence-electron chi connectivity index (χ3n) is 4.74. The van der Waals surface area contributed by atoms with Gasteiger partial charge in [0.25, 0.3) is 5.91 Å². The van der Waals surface area contributed by atoms with Gasteiger partial charge in [0.2, 0.25) is 0 Å². The molecule has 1 heterocycles. The van der Waals surface area contributed by atoms with Crippen LogP contribution < -0.4 is 5.32 Å². The Morgan fingerprint density at radius 2 is 1.83 bits per heavy atom. The molecule has 4 nitrogen and oxygen atoms in total. The van der Waals surface area contributed by atoms with Crippen LogP contribution in [-0.2, 0) is 6.42 Å². The molecule has 1 aromatic heterocycles. The molecule has 2 N–H and O–H groups in total. The molecule has 3 aromatic rings. The first kappa shape index (κ1) is 22.6. The molecule has 0 fully saturated rings. The Balaban J connectivity index is 1.85. The lowest BCUT2D eigenvalue weighted by atomic mass is 10.00. The zero-order valence-electron chi connectivity index (χ0n) is 16.1. The molecule has 8 heteroatoms. The molecule has 0 aliphatic heterocycles. The SMILES string of the molecule is Cc1cc([C@H](C)NC(=O)c2c(Cl)sc(Cl)c2Cc2cccc(Cl)c2)ccc1C(=O)O. The summed E-state index contributed by atoms with van der Waals surface area (Å²) < 4.78 is 0.776. The lowest BCUT2D eigenvalue weighted by Gasteiger charge is -2.16. The first-order valence-corrected chi connectivity index (χ1v) is 11.0. The number of aromatic carboxylic acids is 1. The maximum atomic E-state index is 13.0. The molecule has 1 atom stereocenters. The molecule has 30 heavy (non-hydrogen) atoms. The summed E-state index contributed by atoms with van der Waals surface area (Å²) >= 11 is 19.9. The Morgan fingerprint density at radius 3 is 2.47 bits per heavy atom. The van der Waals surface area contributed by atoms with Gasteiger partial charge < -0.3 is 10.4 Å². The van der Waals surface area contributed by atoms with Gasteiger partial charge in [-0.2, -0.15) is 0 Å². The van der Waals surface area contributed by atoms with Crippen molar-refractivity contribution in [3.63, 3.8) is 0 Å². The monoisotopic (exact) mass is 481 g/mol. The largest absolute Gasteiger partial charge is 0.478 e. The van der Waals surface area contributed by atoms with Crippen LogP contribution in [0.1, 0.15) is 55.9 Å². The second-order valence-corrected chi connectivity index (χ2v) is 9.55. The lowest BCUT2D eigenvalue weighted by Crippen LogP contribution is -2.27. The van der Waals surface area contributed by atoms with E-state index in [-0.39, 0.29) is 17.5 Å². The number of carboxylic acids is 1. The Morgan fingerprint density at radius 1 is 1.10 bits per heavy atom. The molecule has 156 valence electrons. The summed E-state index contributed by atoms with van der Waals surface area (Å²) in [6.45, 7) is 3.55. The van der Waals surface area contributed by atoms with Gasteiger partial charge in [-0.1, -0.05) is 59.1 Å². The molecule has 3 rings (SSSR count). The fourth-order valence-corrected chi connectivity index (χ4v) is 5.12. The number of amides is 1. The Hall–Kier alpha value is -2.05. The van der Waals surface area contributed by atoms with E-state index in [4.69, 9.17) is 34.8 Å². The second-order valence-electron chi connectivity index (χ2n) is 6.88. The number of hydrogen-bond donors (Lipinski definition) is 2. The fourth-order valence-electron chi connectivity index (χ4n) is 3.19. The third kappa shape index (κ3) is 4.98. The minimum atomic E-state index is -0.985. The van der Waals surface area contributed by atoms with Crippen molar-refractivity contribution < 1.29 is 14.7 Å². The highest BCUT2D eigenvalue weighted by molar-refractivity contribution is 7.20. The smallest absolute Gasteiger partial charge is 0.335 e. The van der Waals surface area contributed by atoms with Crippen LogP contribution in [0.15, 0.2) is 42.5 Å². The van der Waals surface area contributed by atoms with E-state index in [1.165, 1.54) is 6.07 Å².